The van der Waals surface area contributed by atoms with Crippen LogP contribution in [0, 0.1) is 0 Å². The topological polar surface area (TPSA) is 25.2 Å². The molecule has 1 heterocycles. The van der Waals surface area contributed by atoms with E-state index in [9.17, 15) is 0 Å². The van der Waals surface area contributed by atoms with Gasteiger partial charge >= 0.3 is 0 Å². The summed E-state index contributed by atoms with van der Waals surface area (Å²) >= 11 is 0. The Morgan fingerprint density at radius 3 is 3.00 bits per heavy atom. The van der Waals surface area contributed by atoms with Gasteiger partial charge in [0.05, 0.1) is 11.9 Å². The molecule has 0 saturated heterocycles. The number of pyridine rings is 1. The molecule has 0 atom stereocenters. The number of aliphatic imine (C=N–C) groups is 1. The monoisotopic (exact) mass is 172 g/mol. The molecule has 0 unspecified atom stereocenters. The van der Waals surface area contributed by atoms with Gasteiger partial charge in [-0.2, -0.15) is 0 Å². The summed E-state index contributed by atoms with van der Waals surface area (Å²) in [5.74, 6) is 0. The average Bonchev–Trinajstić information content (AvgIpc) is 2.15. The number of aromatic nitrogens is 1. The largest absolute Gasteiger partial charge is 0.260 e. The van der Waals surface area contributed by atoms with E-state index in [-0.39, 0.29) is 0 Å². The summed E-state index contributed by atoms with van der Waals surface area (Å²) in [4.78, 5) is 8.23. The van der Waals surface area contributed by atoms with Crippen LogP contribution in [0.25, 0.3) is 6.08 Å². The summed E-state index contributed by atoms with van der Waals surface area (Å²) < 4.78 is 0. The maximum atomic E-state index is 4.16. The molecule has 0 N–H and O–H groups in total. The number of nitrogens with zero attached hydrogens (tertiary/aromatic N) is 2. The fraction of sp³-hybridized carbons (Fsp3) is 0.0909. The van der Waals surface area contributed by atoms with Crippen molar-refractivity contribution in [3.63, 3.8) is 0 Å². The second kappa shape index (κ2) is 4.36. The van der Waals surface area contributed by atoms with E-state index in [4.69, 9.17) is 0 Å². The molecule has 0 aliphatic heterocycles. The molecule has 1 aromatic heterocycles. The molecule has 0 amide bonds. The zero-order valence-corrected chi connectivity index (χ0v) is 7.70. The second-order valence-corrected chi connectivity index (χ2v) is 2.68. The minimum absolute atomic E-state index is 0.765. The van der Waals surface area contributed by atoms with E-state index in [0.29, 0.717) is 0 Å². The van der Waals surface area contributed by atoms with Gasteiger partial charge in [0.2, 0.25) is 0 Å². The molecular formula is C11H12N2. The standard InChI is InChI=1S/C11H12N2/c1-4-10-6-5-7-12-11(10)8-13-9(2)3/h4-8H,1-2H2,3H3. The SMILES string of the molecule is C=Cc1cccnc1C=NC(=C)C. The van der Waals surface area contributed by atoms with Gasteiger partial charge in [-0.25, -0.2) is 0 Å². The zero-order chi connectivity index (χ0) is 9.68. The lowest BCUT2D eigenvalue weighted by molar-refractivity contribution is 1.27. The Hall–Kier alpha value is -1.70. The van der Waals surface area contributed by atoms with Crippen LogP contribution in [0.15, 0.2) is 42.2 Å². The number of hydrogen-bond donors (Lipinski definition) is 0. The molecule has 1 aromatic rings. The van der Waals surface area contributed by atoms with Crippen molar-refractivity contribution in [1.82, 2.24) is 4.98 Å². The van der Waals surface area contributed by atoms with Gasteiger partial charge in [0, 0.05) is 17.5 Å². The minimum Gasteiger partial charge on any atom is -0.260 e. The quantitative estimate of drug-likeness (QED) is 0.643. The van der Waals surface area contributed by atoms with Crippen molar-refractivity contribution < 1.29 is 0 Å². The van der Waals surface area contributed by atoms with Crippen LogP contribution in [-0.4, -0.2) is 11.2 Å². The van der Waals surface area contributed by atoms with Crippen molar-refractivity contribution >= 4 is 12.3 Å². The van der Waals surface area contributed by atoms with Gasteiger partial charge in [-0.05, 0) is 13.0 Å². The first-order valence-corrected chi connectivity index (χ1v) is 4.01. The molecule has 0 radical (unpaired) electrons. The third-order valence-electron chi connectivity index (χ3n) is 1.50. The fourth-order valence-electron chi connectivity index (χ4n) is 0.882. The van der Waals surface area contributed by atoms with Crippen LogP contribution < -0.4 is 0 Å². The first-order valence-electron chi connectivity index (χ1n) is 4.01. The van der Waals surface area contributed by atoms with E-state index in [1.807, 2.05) is 19.1 Å². The molecular weight excluding hydrogens is 160 g/mol. The van der Waals surface area contributed by atoms with Gasteiger partial charge in [0.1, 0.15) is 0 Å². The molecule has 2 nitrogen and oxygen atoms in total. The number of hydrogen-bond acceptors (Lipinski definition) is 2. The highest BCUT2D eigenvalue weighted by molar-refractivity contribution is 5.83. The van der Waals surface area contributed by atoms with Crippen LogP contribution in [0.3, 0.4) is 0 Å². The summed E-state index contributed by atoms with van der Waals surface area (Å²) in [6.07, 6.45) is 5.18. The van der Waals surface area contributed by atoms with Crippen LogP contribution in [0.4, 0.5) is 0 Å². The average molecular weight is 172 g/mol. The van der Waals surface area contributed by atoms with E-state index in [1.165, 1.54) is 0 Å². The van der Waals surface area contributed by atoms with Crippen LogP contribution in [0.2, 0.25) is 0 Å². The highest BCUT2D eigenvalue weighted by atomic mass is 14.8. The van der Waals surface area contributed by atoms with E-state index < -0.39 is 0 Å². The van der Waals surface area contributed by atoms with E-state index >= 15 is 0 Å². The van der Waals surface area contributed by atoms with Gasteiger partial charge in [-0.15, -0.1) is 0 Å². The molecule has 0 aliphatic rings. The summed E-state index contributed by atoms with van der Waals surface area (Å²) in [6, 6.07) is 3.81. The Labute approximate surface area is 78.4 Å². The highest BCUT2D eigenvalue weighted by Crippen LogP contribution is 2.04. The van der Waals surface area contributed by atoms with Gasteiger partial charge in [-0.3, -0.25) is 9.98 Å². The summed E-state index contributed by atoms with van der Waals surface area (Å²) in [5.41, 5.74) is 2.56. The smallest absolute Gasteiger partial charge is 0.0884 e. The third-order valence-corrected chi connectivity index (χ3v) is 1.50. The molecule has 0 fully saturated rings. The maximum absolute atomic E-state index is 4.16. The molecule has 0 spiro atoms. The molecule has 0 saturated carbocycles. The molecule has 0 bridgehead atoms. The van der Waals surface area contributed by atoms with Crippen molar-refractivity contribution in [1.29, 1.82) is 0 Å². The number of rotatable bonds is 3. The van der Waals surface area contributed by atoms with E-state index in [1.54, 1.807) is 18.5 Å². The lowest BCUT2D eigenvalue weighted by Gasteiger charge is -1.96. The Morgan fingerprint density at radius 2 is 2.38 bits per heavy atom. The van der Waals surface area contributed by atoms with Crippen LogP contribution in [-0.2, 0) is 0 Å². The molecule has 13 heavy (non-hydrogen) atoms. The predicted octanol–water partition coefficient (Wildman–Crippen LogP) is 2.68. The lowest BCUT2D eigenvalue weighted by atomic mass is 10.2. The fourth-order valence-corrected chi connectivity index (χ4v) is 0.882. The normalized spacial score (nSPS) is 10.2. The van der Waals surface area contributed by atoms with Gasteiger partial charge < -0.3 is 0 Å². The van der Waals surface area contributed by atoms with Crippen LogP contribution in [0.1, 0.15) is 18.2 Å². The Balaban J connectivity index is 3.00. The van der Waals surface area contributed by atoms with Crippen molar-refractivity contribution in [2.75, 3.05) is 0 Å². The summed E-state index contributed by atoms with van der Waals surface area (Å²) in [6.45, 7) is 9.21. The van der Waals surface area contributed by atoms with Crippen molar-refractivity contribution in [3.05, 3.63) is 48.4 Å². The van der Waals surface area contributed by atoms with Crippen LogP contribution >= 0.6 is 0 Å². The summed E-state index contributed by atoms with van der Waals surface area (Å²) in [5, 5.41) is 0. The van der Waals surface area contributed by atoms with Crippen molar-refractivity contribution in [2.24, 2.45) is 4.99 Å². The minimum atomic E-state index is 0.765. The highest BCUT2D eigenvalue weighted by Gasteiger charge is 1.94. The van der Waals surface area contributed by atoms with Gasteiger partial charge in [0.25, 0.3) is 0 Å². The molecule has 0 aliphatic carbocycles. The predicted molar refractivity (Wildman–Crippen MR) is 56.7 cm³/mol. The first kappa shape index (κ1) is 9.39. The lowest BCUT2D eigenvalue weighted by Crippen LogP contribution is -1.90. The van der Waals surface area contributed by atoms with Crippen LogP contribution in [0.5, 0.6) is 0 Å². The maximum Gasteiger partial charge on any atom is 0.0884 e. The first-order chi connectivity index (χ1) is 6.24. The van der Waals surface area contributed by atoms with E-state index in [0.717, 1.165) is 17.0 Å². The Bertz CT molecular complexity index is 351. The molecule has 2 heteroatoms. The number of allylic oxidation sites excluding steroid dienone is 1. The van der Waals surface area contributed by atoms with E-state index in [2.05, 4.69) is 23.1 Å². The molecule has 1 rings (SSSR count). The Kier molecular flexibility index (Phi) is 3.15. The third kappa shape index (κ3) is 2.67. The van der Waals surface area contributed by atoms with Gasteiger partial charge in [-0.1, -0.05) is 25.3 Å². The zero-order valence-electron chi connectivity index (χ0n) is 7.70. The van der Waals surface area contributed by atoms with Crippen molar-refractivity contribution in [3.8, 4) is 0 Å². The second-order valence-electron chi connectivity index (χ2n) is 2.68. The molecule has 66 valence electrons. The Morgan fingerprint density at radius 1 is 1.62 bits per heavy atom. The summed E-state index contributed by atoms with van der Waals surface area (Å²) in [7, 11) is 0. The van der Waals surface area contributed by atoms with Gasteiger partial charge in [0.15, 0.2) is 0 Å². The van der Waals surface area contributed by atoms with Crippen molar-refractivity contribution in [2.45, 2.75) is 6.92 Å². The molecule has 0 aromatic carbocycles.